The molecule has 0 unspecified atom stereocenters. The van der Waals surface area contributed by atoms with Crippen LogP contribution in [0, 0.1) is 5.92 Å². The highest BCUT2D eigenvalue weighted by atomic mass is 16.2. The summed E-state index contributed by atoms with van der Waals surface area (Å²) in [6.07, 6.45) is 4.39. The number of hydrogen-bond donors (Lipinski definition) is 3. The minimum Gasteiger partial charge on any atom is -0.361 e. The molecule has 2 amide bonds. The van der Waals surface area contributed by atoms with Crippen molar-refractivity contribution in [3.05, 3.63) is 78.5 Å². The molecule has 3 N–H and O–H groups in total. The van der Waals surface area contributed by atoms with E-state index < -0.39 is 0 Å². The maximum absolute atomic E-state index is 12.7. The van der Waals surface area contributed by atoms with Gasteiger partial charge in [-0.3, -0.25) is 14.5 Å². The third kappa shape index (κ3) is 4.97. The molecule has 6 nitrogen and oxygen atoms in total. The van der Waals surface area contributed by atoms with Gasteiger partial charge < -0.3 is 15.6 Å². The Morgan fingerprint density at radius 1 is 0.912 bits per heavy atom. The maximum Gasteiger partial charge on any atom is 0.238 e. The number of aromatic amines is 1. The molecule has 5 rings (SSSR count). The van der Waals surface area contributed by atoms with Crippen molar-refractivity contribution >= 4 is 39.2 Å². The fourth-order valence-electron chi connectivity index (χ4n) is 4.88. The van der Waals surface area contributed by atoms with Gasteiger partial charge in [0.25, 0.3) is 0 Å². The number of rotatable bonds is 7. The van der Waals surface area contributed by atoms with Crippen LogP contribution in [-0.2, 0) is 16.0 Å². The fourth-order valence-corrected chi connectivity index (χ4v) is 4.88. The number of nitrogens with one attached hydrogen (secondary N) is 3. The fraction of sp³-hybridized carbons (Fsp3) is 0.286. The molecule has 1 fully saturated rings. The van der Waals surface area contributed by atoms with Crippen molar-refractivity contribution in [1.29, 1.82) is 0 Å². The zero-order valence-corrected chi connectivity index (χ0v) is 19.2. The zero-order chi connectivity index (χ0) is 23.3. The minimum absolute atomic E-state index is 0.0142. The summed E-state index contributed by atoms with van der Waals surface area (Å²) < 4.78 is 0. The Bertz CT molecular complexity index is 1300. The normalized spacial score (nSPS) is 14.9. The van der Waals surface area contributed by atoms with Gasteiger partial charge in [-0.05, 0) is 55.4 Å². The van der Waals surface area contributed by atoms with E-state index in [9.17, 15) is 9.59 Å². The second-order valence-electron chi connectivity index (χ2n) is 9.03. The van der Waals surface area contributed by atoms with Crippen LogP contribution in [0.3, 0.4) is 0 Å². The summed E-state index contributed by atoms with van der Waals surface area (Å²) in [4.78, 5) is 30.7. The van der Waals surface area contributed by atoms with Crippen molar-refractivity contribution in [2.75, 3.05) is 31.5 Å². The van der Waals surface area contributed by atoms with Gasteiger partial charge >= 0.3 is 0 Å². The van der Waals surface area contributed by atoms with Crippen molar-refractivity contribution in [1.82, 2.24) is 15.2 Å². The maximum atomic E-state index is 12.7. The first-order valence-corrected chi connectivity index (χ1v) is 12.0. The highest BCUT2D eigenvalue weighted by Gasteiger charge is 2.25. The van der Waals surface area contributed by atoms with Gasteiger partial charge in [0.1, 0.15) is 0 Å². The second kappa shape index (κ2) is 10.1. The molecule has 6 heteroatoms. The van der Waals surface area contributed by atoms with Crippen LogP contribution in [0.15, 0.2) is 72.9 Å². The molecule has 0 radical (unpaired) electrons. The van der Waals surface area contributed by atoms with Crippen LogP contribution < -0.4 is 10.6 Å². The summed E-state index contributed by atoms with van der Waals surface area (Å²) in [5.74, 6) is 0.123. The number of fused-ring (bicyclic) bond motifs is 2. The summed E-state index contributed by atoms with van der Waals surface area (Å²) >= 11 is 0. The van der Waals surface area contributed by atoms with E-state index in [1.807, 2.05) is 60.8 Å². The predicted octanol–water partition coefficient (Wildman–Crippen LogP) is 4.33. The highest BCUT2D eigenvalue weighted by Crippen LogP contribution is 2.23. The number of anilines is 1. The molecule has 2 heterocycles. The average molecular weight is 455 g/mol. The average Bonchev–Trinajstić information content (AvgIpc) is 3.28. The number of benzene rings is 3. The number of aromatic nitrogens is 1. The molecule has 0 saturated carbocycles. The van der Waals surface area contributed by atoms with Crippen molar-refractivity contribution in [2.45, 2.75) is 19.3 Å². The topological polar surface area (TPSA) is 77.2 Å². The number of likely N-dealkylation sites (tertiary alicyclic amines) is 1. The van der Waals surface area contributed by atoms with Crippen molar-refractivity contribution in [3.63, 3.8) is 0 Å². The van der Waals surface area contributed by atoms with Crippen LogP contribution in [0.4, 0.5) is 5.69 Å². The lowest BCUT2D eigenvalue weighted by atomic mass is 9.96. The Labute approximate surface area is 199 Å². The van der Waals surface area contributed by atoms with E-state index in [2.05, 4.69) is 32.7 Å². The van der Waals surface area contributed by atoms with Gasteiger partial charge in [0.2, 0.25) is 11.8 Å². The summed E-state index contributed by atoms with van der Waals surface area (Å²) in [5.41, 5.74) is 3.19. The van der Waals surface area contributed by atoms with E-state index in [0.717, 1.165) is 54.3 Å². The van der Waals surface area contributed by atoms with Crippen molar-refractivity contribution in [3.8, 4) is 0 Å². The molecule has 1 aromatic heterocycles. The van der Waals surface area contributed by atoms with E-state index in [0.29, 0.717) is 13.1 Å². The molecule has 0 aliphatic carbocycles. The van der Waals surface area contributed by atoms with Crippen LogP contribution >= 0.6 is 0 Å². The number of carbonyl (C=O) groups is 2. The molecule has 1 aliphatic heterocycles. The number of piperidine rings is 1. The Morgan fingerprint density at radius 2 is 1.65 bits per heavy atom. The summed E-state index contributed by atoms with van der Waals surface area (Å²) in [7, 11) is 0. The van der Waals surface area contributed by atoms with Crippen LogP contribution in [0.2, 0.25) is 0 Å². The first-order chi connectivity index (χ1) is 16.7. The quantitative estimate of drug-likeness (QED) is 0.389. The van der Waals surface area contributed by atoms with Gasteiger partial charge in [-0.25, -0.2) is 0 Å². The van der Waals surface area contributed by atoms with Gasteiger partial charge in [-0.2, -0.15) is 0 Å². The van der Waals surface area contributed by atoms with Crippen LogP contribution in [-0.4, -0.2) is 47.9 Å². The lowest BCUT2D eigenvalue weighted by Crippen LogP contribution is -2.43. The van der Waals surface area contributed by atoms with E-state index >= 15 is 0 Å². The van der Waals surface area contributed by atoms with Crippen LogP contribution in [0.25, 0.3) is 21.7 Å². The molecule has 3 aromatic carbocycles. The minimum atomic E-state index is -0.0158. The monoisotopic (exact) mass is 454 g/mol. The van der Waals surface area contributed by atoms with Gasteiger partial charge in [0, 0.05) is 40.6 Å². The number of carbonyl (C=O) groups excluding carboxylic acids is 2. The largest absolute Gasteiger partial charge is 0.361 e. The number of para-hydroxylation sites is 1. The number of H-pyrrole nitrogens is 1. The van der Waals surface area contributed by atoms with Gasteiger partial charge in [-0.1, -0.05) is 54.6 Å². The number of amides is 2. The predicted molar refractivity (Wildman–Crippen MR) is 137 cm³/mol. The van der Waals surface area contributed by atoms with Gasteiger partial charge in [0.15, 0.2) is 0 Å². The molecular formula is C28H30N4O2. The zero-order valence-electron chi connectivity index (χ0n) is 19.2. The van der Waals surface area contributed by atoms with Crippen LogP contribution in [0.5, 0.6) is 0 Å². The van der Waals surface area contributed by atoms with Crippen molar-refractivity contribution in [2.24, 2.45) is 5.92 Å². The van der Waals surface area contributed by atoms with Gasteiger partial charge in [0.05, 0.1) is 6.54 Å². The van der Waals surface area contributed by atoms with Gasteiger partial charge in [-0.15, -0.1) is 0 Å². The molecular weight excluding hydrogens is 424 g/mol. The Morgan fingerprint density at radius 3 is 2.50 bits per heavy atom. The van der Waals surface area contributed by atoms with E-state index in [1.165, 1.54) is 10.9 Å². The SMILES string of the molecule is O=C(CN1CCC(C(=O)NCCc2c[nH]c3ccccc23)CC1)Nc1cccc2ccccc12. The third-order valence-electron chi connectivity index (χ3n) is 6.76. The Balaban J connectivity index is 1.06. The molecule has 1 saturated heterocycles. The van der Waals surface area contributed by atoms with E-state index in [-0.39, 0.29) is 17.7 Å². The van der Waals surface area contributed by atoms with E-state index in [4.69, 9.17) is 0 Å². The number of hydrogen-bond acceptors (Lipinski definition) is 3. The van der Waals surface area contributed by atoms with Crippen molar-refractivity contribution < 1.29 is 9.59 Å². The summed E-state index contributed by atoms with van der Waals surface area (Å²) in [6, 6.07) is 22.2. The molecule has 0 atom stereocenters. The summed E-state index contributed by atoms with van der Waals surface area (Å²) in [5, 5.41) is 9.53. The first kappa shape index (κ1) is 22.2. The first-order valence-electron chi connectivity index (χ1n) is 12.0. The summed E-state index contributed by atoms with van der Waals surface area (Å²) in [6.45, 7) is 2.49. The number of nitrogens with zero attached hydrogens (tertiary/aromatic N) is 1. The molecule has 4 aromatic rings. The molecule has 1 aliphatic rings. The second-order valence-corrected chi connectivity index (χ2v) is 9.03. The Kier molecular flexibility index (Phi) is 6.58. The Hall–Kier alpha value is -3.64. The third-order valence-corrected chi connectivity index (χ3v) is 6.76. The molecule has 34 heavy (non-hydrogen) atoms. The van der Waals surface area contributed by atoms with E-state index in [1.54, 1.807) is 0 Å². The lowest BCUT2D eigenvalue weighted by molar-refractivity contribution is -0.126. The standard InChI is InChI=1S/C28H30N4O2/c33-27(31-26-11-5-7-20-6-1-2-8-23(20)26)19-32-16-13-21(14-17-32)28(34)29-15-12-22-18-30-25-10-4-3-9-24(22)25/h1-11,18,21,30H,12-17,19H2,(H,29,34)(H,31,33). The molecule has 0 spiro atoms. The van der Waals surface area contributed by atoms with Crippen LogP contribution in [0.1, 0.15) is 18.4 Å². The highest BCUT2D eigenvalue weighted by molar-refractivity contribution is 6.02. The molecule has 174 valence electrons. The smallest absolute Gasteiger partial charge is 0.238 e. The lowest BCUT2D eigenvalue weighted by Gasteiger charge is -2.30. The molecule has 0 bridgehead atoms.